The third-order valence-electron chi connectivity index (χ3n) is 3.53. The summed E-state index contributed by atoms with van der Waals surface area (Å²) in [5.74, 6) is -1.24. The molecule has 0 aliphatic heterocycles. The number of nitrogens with zero attached hydrogens (tertiary/aromatic N) is 2. The molecule has 3 heterocycles. The number of hydrogen-bond acceptors (Lipinski definition) is 9. The van der Waals surface area contributed by atoms with Crippen molar-refractivity contribution in [1.29, 1.82) is 0 Å². The normalized spacial score (nSPS) is 11.4. The number of thiophene rings is 3. The first-order valence-electron chi connectivity index (χ1n) is 8.80. The van der Waals surface area contributed by atoms with E-state index in [1.807, 2.05) is 35.0 Å². The first-order chi connectivity index (χ1) is 14.1. The Morgan fingerprint density at radius 3 is 1.66 bits per heavy atom. The van der Waals surface area contributed by atoms with Crippen LogP contribution in [0.3, 0.4) is 0 Å². The summed E-state index contributed by atoms with van der Waals surface area (Å²) in [5.41, 5.74) is 0.169. The summed E-state index contributed by atoms with van der Waals surface area (Å²) in [5, 5.41) is 4.59. The van der Waals surface area contributed by atoms with Gasteiger partial charge in [0.2, 0.25) is 0 Å². The number of carbonyl (C=O) groups excluding carboxylic acids is 2. The lowest BCUT2D eigenvalue weighted by Gasteiger charge is -2.05. The highest BCUT2D eigenvalue weighted by atomic mass is 32.1. The molecule has 0 N–H and O–H groups in total. The summed E-state index contributed by atoms with van der Waals surface area (Å²) >= 11 is 4.19. The molecule has 0 fully saturated rings. The zero-order valence-corrected chi connectivity index (χ0v) is 18.2. The Morgan fingerprint density at radius 1 is 0.862 bits per heavy atom. The van der Waals surface area contributed by atoms with Gasteiger partial charge in [-0.25, -0.2) is 19.6 Å². The molecule has 29 heavy (non-hydrogen) atoms. The predicted octanol–water partition coefficient (Wildman–Crippen LogP) is 5.73. The Labute approximate surface area is 180 Å². The fourth-order valence-electron chi connectivity index (χ4n) is 2.35. The molecule has 0 aromatic carbocycles. The van der Waals surface area contributed by atoms with Crippen LogP contribution in [0.5, 0.6) is 0 Å². The van der Waals surface area contributed by atoms with E-state index in [-0.39, 0.29) is 24.3 Å². The number of hydrogen-bond donors (Lipinski definition) is 0. The van der Waals surface area contributed by atoms with Crippen molar-refractivity contribution in [2.24, 2.45) is 9.98 Å². The zero-order chi connectivity index (χ0) is 20.6. The van der Waals surface area contributed by atoms with Gasteiger partial charge in [0.15, 0.2) is 0 Å². The Morgan fingerprint density at radius 2 is 1.31 bits per heavy atom. The summed E-state index contributed by atoms with van der Waals surface area (Å²) in [6, 6.07) is 7.64. The molecular formula is C20H18N2O4S3. The molecule has 0 aliphatic rings. The minimum absolute atomic E-state index is 0.0847. The van der Waals surface area contributed by atoms with Crippen LogP contribution in [0, 0.1) is 0 Å². The van der Waals surface area contributed by atoms with Crippen LogP contribution in [0.2, 0.25) is 0 Å². The quantitative estimate of drug-likeness (QED) is 0.327. The minimum Gasteiger partial charge on any atom is -0.462 e. The van der Waals surface area contributed by atoms with Crippen molar-refractivity contribution in [3.8, 4) is 0 Å². The average Bonchev–Trinajstić information content (AvgIpc) is 3.45. The summed E-state index contributed by atoms with van der Waals surface area (Å²) in [6.07, 6.45) is 3.31. The van der Waals surface area contributed by atoms with Crippen LogP contribution < -0.4 is 0 Å². The molecule has 3 rings (SSSR count). The van der Waals surface area contributed by atoms with Crippen LogP contribution in [-0.4, -0.2) is 37.6 Å². The lowest BCUT2D eigenvalue weighted by Crippen LogP contribution is -2.12. The zero-order valence-electron chi connectivity index (χ0n) is 15.8. The maximum absolute atomic E-state index is 12.7. The van der Waals surface area contributed by atoms with Crippen molar-refractivity contribution < 1.29 is 19.1 Å². The third-order valence-corrected chi connectivity index (χ3v) is 6.15. The topological polar surface area (TPSA) is 77.3 Å². The monoisotopic (exact) mass is 446 g/mol. The van der Waals surface area contributed by atoms with Gasteiger partial charge in [-0.15, -0.1) is 22.7 Å². The summed E-state index contributed by atoms with van der Waals surface area (Å²) in [6.45, 7) is 3.77. The highest BCUT2D eigenvalue weighted by Crippen LogP contribution is 2.42. The Kier molecular flexibility index (Phi) is 7.45. The van der Waals surface area contributed by atoms with Crippen LogP contribution in [-0.2, 0) is 9.47 Å². The predicted molar refractivity (Wildman–Crippen MR) is 119 cm³/mol. The van der Waals surface area contributed by atoms with E-state index in [2.05, 4.69) is 9.98 Å². The molecular weight excluding hydrogens is 428 g/mol. The van der Waals surface area contributed by atoms with E-state index in [9.17, 15) is 9.59 Å². The third kappa shape index (κ3) is 5.26. The van der Waals surface area contributed by atoms with Crippen molar-refractivity contribution in [2.45, 2.75) is 13.8 Å². The van der Waals surface area contributed by atoms with Crippen LogP contribution >= 0.6 is 34.0 Å². The van der Waals surface area contributed by atoms with Crippen LogP contribution in [0.15, 0.2) is 45.0 Å². The van der Waals surface area contributed by atoms with Gasteiger partial charge in [-0.2, -0.15) is 0 Å². The molecule has 0 saturated carbocycles. The Bertz CT molecular complexity index is 938. The summed E-state index contributed by atoms with van der Waals surface area (Å²) in [7, 11) is 0. The van der Waals surface area contributed by atoms with E-state index < -0.39 is 11.9 Å². The van der Waals surface area contributed by atoms with E-state index in [4.69, 9.17) is 9.47 Å². The number of ether oxygens (including phenoxy) is 2. The van der Waals surface area contributed by atoms with Gasteiger partial charge in [0.25, 0.3) is 0 Å². The van der Waals surface area contributed by atoms with E-state index in [1.54, 1.807) is 26.3 Å². The lowest BCUT2D eigenvalue weighted by atomic mass is 10.1. The van der Waals surface area contributed by atoms with Gasteiger partial charge in [-0.05, 0) is 36.7 Å². The number of rotatable bonds is 8. The van der Waals surface area contributed by atoms with Gasteiger partial charge in [-0.1, -0.05) is 23.5 Å². The molecule has 150 valence electrons. The molecule has 0 radical (unpaired) electrons. The maximum Gasteiger partial charge on any atom is 0.342 e. The lowest BCUT2D eigenvalue weighted by molar-refractivity contribution is 0.0481. The molecule has 3 aromatic heterocycles. The van der Waals surface area contributed by atoms with Crippen molar-refractivity contribution in [1.82, 2.24) is 0 Å². The van der Waals surface area contributed by atoms with Gasteiger partial charge >= 0.3 is 11.9 Å². The van der Waals surface area contributed by atoms with Gasteiger partial charge in [0.1, 0.15) is 21.1 Å². The van der Waals surface area contributed by atoms with Crippen molar-refractivity contribution >= 4 is 68.4 Å². The van der Waals surface area contributed by atoms with Gasteiger partial charge in [0, 0.05) is 22.2 Å². The van der Waals surface area contributed by atoms with E-state index in [1.165, 1.54) is 22.7 Å². The first-order valence-corrected chi connectivity index (χ1v) is 11.4. The number of aliphatic imine (C=N–C) groups is 2. The largest absolute Gasteiger partial charge is 0.462 e. The molecule has 3 aromatic rings. The van der Waals surface area contributed by atoms with Crippen molar-refractivity contribution in [3.63, 3.8) is 0 Å². The highest BCUT2D eigenvalue weighted by Gasteiger charge is 2.30. The smallest absolute Gasteiger partial charge is 0.342 e. The van der Waals surface area contributed by atoms with Crippen molar-refractivity contribution in [2.75, 3.05) is 13.2 Å². The van der Waals surface area contributed by atoms with Gasteiger partial charge in [0.05, 0.1) is 13.2 Å². The summed E-state index contributed by atoms with van der Waals surface area (Å²) in [4.78, 5) is 36.1. The minimum atomic E-state index is -0.622. The maximum atomic E-state index is 12.7. The molecule has 0 spiro atoms. The van der Waals surface area contributed by atoms with E-state index in [0.29, 0.717) is 10.0 Å². The average molecular weight is 447 g/mol. The second-order valence-corrected chi connectivity index (χ2v) is 8.39. The molecule has 0 atom stereocenters. The molecule has 9 heteroatoms. The van der Waals surface area contributed by atoms with E-state index >= 15 is 0 Å². The number of carbonyl (C=O) groups is 2. The van der Waals surface area contributed by atoms with Crippen LogP contribution in [0.25, 0.3) is 0 Å². The van der Waals surface area contributed by atoms with Crippen LogP contribution in [0.4, 0.5) is 10.0 Å². The van der Waals surface area contributed by atoms with Crippen molar-refractivity contribution in [3.05, 3.63) is 55.9 Å². The second kappa shape index (κ2) is 10.2. The Hall–Kier alpha value is -2.62. The van der Waals surface area contributed by atoms with Crippen LogP contribution in [0.1, 0.15) is 44.3 Å². The molecule has 6 nitrogen and oxygen atoms in total. The first kappa shape index (κ1) is 21.1. The molecule has 0 aliphatic carbocycles. The molecule has 0 saturated heterocycles. The fraction of sp³-hybridized carbons (Fsp3) is 0.200. The Balaban J connectivity index is 2.11. The second-order valence-electron chi connectivity index (χ2n) is 5.45. The highest BCUT2D eigenvalue weighted by molar-refractivity contribution is 7.20. The molecule has 0 amide bonds. The number of esters is 2. The molecule has 0 bridgehead atoms. The SMILES string of the molecule is CCOC(=O)c1c(/N=C/c2cccs2)sc(/N=C/c2cccs2)c1C(=O)OCC. The van der Waals surface area contributed by atoms with E-state index in [0.717, 1.165) is 21.1 Å². The summed E-state index contributed by atoms with van der Waals surface area (Å²) < 4.78 is 10.4. The standard InChI is InChI=1S/C20H18N2O4S3/c1-3-25-19(23)15-16(20(24)26-4-2)18(22-12-14-8-6-10-28-14)29-17(15)21-11-13-7-5-9-27-13/h5-12H,3-4H2,1-2H3/b21-11+,22-12+. The molecule has 0 unspecified atom stereocenters. The fourth-order valence-corrected chi connectivity index (χ4v) is 4.49. The van der Waals surface area contributed by atoms with Gasteiger partial charge < -0.3 is 9.47 Å². The van der Waals surface area contributed by atoms with Gasteiger partial charge in [-0.3, -0.25) is 0 Å².